The molecule has 1 fully saturated rings. The summed E-state index contributed by atoms with van der Waals surface area (Å²) in [6, 6.07) is 0.0181. The van der Waals surface area contributed by atoms with Gasteiger partial charge in [-0.05, 0) is 20.4 Å². The number of nitrogens with zero attached hydrogens (tertiary/aromatic N) is 1. The SMILES string of the molecule is CC1CCOP(=O)(F)N1C. The van der Waals surface area contributed by atoms with E-state index in [0.717, 1.165) is 11.1 Å². The quantitative estimate of drug-likeness (QED) is 0.515. The minimum atomic E-state index is -3.90. The van der Waals surface area contributed by atoms with Crippen LogP contribution in [0.2, 0.25) is 0 Å². The van der Waals surface area contributed by atoms with Crippen molar-refractivity contribution in [2.24, 2.45) is 0 Å². The second-order valence-corrected chi connectivity index (χ2v) is 4.29. The van der Waals surface area contributed by atoms with E-state index in [1.807, 2.05) is 6.92 Å². The first-order valence-electron chi connectivity index (χ1n) is 3.21. The van der Waals surface area contributed by atoms with Gasteiger partial charge in [-0.15, -0.1) is 4.20 Å². The summed E-state index contributed by atoms with van der Waals surface area (Å²) in [6.45, 7) is 2.09. The highest BCUT2D eigenvalue weighted by atomic mass is 31.2. The van der Waals surface area contributed by atoms with Crippen molar-refractivity contribution in [1.29, 1.82) is 0 Å². The minimum absolute atomic E-state index is 0.0181. The fourth-order valence-electron chi connectivity index (χ4n) is 0.849. The van der Waals surface area contributed by atoms with E-state index in [4.69, 9.17) is 0 Å². The third kappa shape index (κ3) is 1.39. The summed E-state index contributed by atoms with van der Waals surface area (Å²) in [5.41, 5.74) is 0. The average molecular weight is 167 g/mol. The first-order chi connectivity index (χ1) is 4.54. The van der Waals surface area contributed by atoms with Gasteiger partial charge in [0.2, 0.25) is 0 Å². The molecular weight excluding hydrogens is 156 g/mol. The van der Waals surface area contributed by atoms with Gasteiger partial charge in [-0.1, -0.05) is 0 Å². The summed E-state index contributed by atoms with van der Waals surface area (Å²) in [4.78, 5) is 0. The summed E-state index contributed by atoms with van der Waals surface area (Å²) >= 11 is 0. The van der Waals surface area contributed by atoms with Gasteiger partial charge in [-0.3, -0.25) is 4.52 Å². The third-order valence-electron chi connectivity index (χ3n) is 1.80. The summed E-state index contributed by atoms with van der Waals surface area (Å²) in [7, 11) is -2.42. The second kappa shape index (κ2) is 2.61. The van der Waals surface area contributed by atoms with E-state index in [1.165, 1.54) is 7.05 Å². The summed E-state index contributed by atoms with van der Waals surface area (Å²) < 4.78 is 29.2. The Morgan fingerprint density at radius 3 is 2.80 bits per heavy atom. The molecule has 1 aliphatic heterocycles. The van der Waals surface area contributed by atoms with Gasteiger partial charge in [-0.25, -0.2) is 9.24 Å². The van der Waals surface area contributed by atoms with Crippen molar-refractivity contribution < 1.29 is 13.3 Å². The van der Waals surface area contributed by atoms with Gasteiger partial charge in [0.25, 0.3) is 0 Å². The van der Waals surface area contributed by atoms with Crippen LogP contribution in [0.3, 0.4) is 0 Å². The van der Waals surface area contributed by atoms with Crippen LogP contribution < -0.4 is 0 Å². The van der Waals surface area contributed by atoms with Crippen molar-refractivity contribution in [1.82, 2.24) is 4.67 Å². The molecule has 5 heteroatoms. The monoisotopic (exact) mass is 167 g/mol. The van der Waals surface area contributed by atoms with Crippen LogP contribution in [-0.2, 0) is 9.09 Å². The standard InChI is InChI=1S/C5H11FNO2P/c1-5-3-4-9-10(6,8)7(5)2/h5H,3-4H2,1-2H3. The highest BCUT2D eigenvalue weighted by Crippen LogP contribution is 2.55. The molecule has 10 heavy (non-hydrogen) atoms. The fraction of sp³-hybridized carbons (Fsp3) is 1.00. The molecule has 0 bridgehead atoms. The maximum atomic E-state index is 12.8. The van der Waals surface area contributed by atoms with Crippen LogP contribution in [0, 0.1) is 0 Å². The first kappa shape index (κ1) is 8.18. The maximum Gasteiger partial charge on any atom is 0.445 e. The van der Waals surface area contributed by atoms with E-state index < -0.39 is 7.83 Å². The van der Waals surface area contributed by atoms with Crippen molar-refractivity contribution in [3.63, 3.8) is 0 Å². The number of hydrogen-bond donors (Lipinski definition) is 0. The maximum absolute atomic E-state index is 12.8. The van der Waals surface area contributed by atoms with Crippen LogP contribution in [0.1, 0.15) is 13.3 Å². The molecule has 0 aromatic carbocycles. The predicted molar refractivity (Wildman–Crippen MR) is 36.5 cm³/mol. The number of hydrogen-bond acceptors (Lipinski definition) is 2. The molecule has 0 N–H and O–H groups in total. The van der Waals surface area contributed by atoms with Crippen molar-refractivity contribution in [2.45, 2.75) is 19.4 Å². The van der Waals surface area contributed by atoms with Crippen LogP contribution in [-0.4, -0.2) is 24.4 Å². The zero-order valence-electron chi connectivity index (χ0n) is 6.08. The molecule has 1 saturated heterocycles. The van der Waals surface area contributed by atoms with Crippen LogP contribution in [0.15, 0.2) is 0 Å². The topological polar surface area (TPSA) is 29.5 Å². The third-order valence-corrected chi connectivity index (χ3v) is 3.45. The molecule has 0 aromatic rings. The Kier molecular flexibility index (Phi) is 2.13. The lowest BCUT2D eigenvalue weighted by atomic mass is 10.2. The highest BCUT2D eigenvalue weighted by molar-refractivity contribution is 7.50. The largest absolute Gasteiger partial charge is 0.445 e. The van der Waals surface area contributed by atoms with E-state index in [0.29, 0.717) is 0 Å². The summed E-state index contributed by atoms with van der Waals surface area (Å²) in [6.07, 6.45) is 0.740. The van der Waals surface area contributed by atoms with E-state index in [9.17, 15) is 8.76 Å². The van der Waals surface area contributed by atoms with Crippen LogP contribution in [0.4, 0.5) is 4.20 Å². The van der Waals surface area contributed by atoms with Gasteiger partial charge < -0.3 is 0 Å². The number of halogens is 1. The Morgan fingerprint density at radius 1 is 1.80 bits per heavy atom. The molecule has 2 atom stereocenters. The molecule has 0 aliphatic carbocycles. The van der Waals surface area contributed by atoms with Crippen LogP contribution in [0.5, 0.6) is 0 Å². The Bertz CT molecular complexity index is 175. The lowest BCUT2D eigenvalue weighted by molar-refractivity contribution is 0.161. The van der Waals surface area contributed by atoms with Gasteiger partial charge >= 0.3 is 7.83 Å². The minimum Gasteiger partial charge on any atom is -0.293 e. The Labute approximate surface area is 59.8 Å². The first-order valence-corrected chi connectivity index (χ1v) is 4.68. The van der Waals surface area contributed by atoms with Gasteiger partial charge in [0.1, 0.15) is 0 Å². The molecule has 0 amide bonds. The Hall–Kier alpha value is 0.0800. The molecule has 1 heterocycles. The zero-order valence-corrected chi connectivity index (χ0v) is 6.97. The molecule has 0 radical (unpaired) electrons. The molecule has 2 unspecified atom stereocenters. The van der Waals surface area contributed by atoms with E-state index >= 15 is 0 Å². The van der Waals surface area contributed by atoms with Crippen molar-refractivity contribution in [2.75, 3.05) is 13.7 Å². The van der Waals surface area contributed by atoms with Gasteiger partial charge in [0.15, 0.2) is 0 Å². The Morgan fingerprint density at radius 2 is 2.40 bits per heavy atom. The summed E-state index contributed by atoms with van der Waals surface area (Å²) in [5.74, 6) is 0. The van der Waals surface area contributed by atoms with Crippen molar-refractivity contribution in [3.05, 3.63) is 0 Å². The molecule has 0 spiro atoms. The van der Waals surface area contributed by atoms with E-state index in [2.05, 4.69) is 4.52 Å². The van der Waals surface area contributed by atoms with Crippen molar-refractivity contribution in [3.8, 4) is 0 Å². The van der Waals surface area contributed by atoms with Crippen LogP contribution in [0.25, 0.3) is 0 Å². The molecule has 0 saturated carbocycles. The van der Waals surface area contributed by atoms with Gasteiger partial charge in [-0.2, -0.15) is 0 Å². The molecule has 1 aliphatic rings. The smallest absolute Gasteiger partial charge is 0.293 e. The molecular formula is C5H11FNO2P. The Balaban J connectivity index is 2.70. The van der Waals surface area contributed by atoms with E-state index in [1.54, 1.807) is 0 Å². The molecule has 0 aromatic heterocycles. The lowest BCUT2D eigenvalue weighted by Crippen LogP contribution is -2.31. The van der Waals surface area contributed by atoms with Crippen LogP contribution >= 0.6 is 7.83 Å². The molecule has 60 valence electrons. The highest BCUT2D eigenvalue weighted by Gasteiger charge is 2.36. The van der Waals surface area contributed by atoms with E-state index in [-0.39, 0.29) is 12.6 Å². The van der Waals surface area contributed by atoms with Crippen molar-refractivity contribution >= 4 is 7.83 Å². The van der Waals surface area contributed by atoms with Gasteiger partial charge in [0, 0.05) is 6.04 Å². The second-order valence-electron chi connectivity index (χ2n) is 2.50. The normalized spacial score (nSPS) is 43.7. The molecule has 3 nitrogen and oxygen atoms in total. The zero-order chi connectivity index (χ0) is 7.78. The fourth-order valence-corrected chi connectivity index (χ4v) is 1.95. The predicted octanol–water partition coefficient (Wildman–Crippen LogP) is 1.80. The summed E-state index contributed by atoms with van der Waals surface area (Å²) in [5, 5.41) is 0. The lowest BCUT2D eigenvalue weighted by Gasteiger charge is -2.31. The average Bonchev–Trinajstić information content (AvgIpc) is 1.83. The molecule has 1 rings (SSSR count). The van der Waals surface area contributed by atoms with Gasteiger partial charge in [0.05, 0.1) is 6.61 Å². The number of rotatable bonds is 0.